The minimum atomic E-state index is -0.959. The highest BCUT2D eigenvalue weighted by Gasteiger charge is 2.48. The summed E-state index contributed by atoms with van der Waals surface area (Å²) in [5.74, 6) is -1.79. The fourth-order valence-electron chi connectivity index (χ4n) is 3.77. The fourth-order valence-corrected chi connectivity index (χ4v) is 5.79. The van der Waals surface area contributed by atoms with Crippen LogP contribution in [-0.2, 0) is 15.3 Å². The second-order valence-electron chi connectivity index (χ2n) is 7.73. The molecule has 1 N–H and O–H groups in total. The van der Waals surface area contributed by atoms with E-state index in [1.807, 2.05) is 0 Å². The summed E-state index contributed by atoms with van der Waals surface area (Å²) in [5, 5.41) is 20.0. The molecule has 0 bridgehead atoms. The van der Waals surface area contributed by atoms with E-state index in [-0.39, 0.29) is 22.3 Å². The van der Waals surface area contributed by atoms with Crippen LogP contribution in [0.15, 0.2) is 83.0 Å². The molecule has 1 saturated heterocycles. The van der Waals surface area contributed by atoms with Gasteiger partial charge in [-0.1, -0.05) is 59.0 Å². The molecular weight excluding hydrogens is 523 g/mol. The van der Waals surface area contributed by atoms with Crippen molar-refractivity contribution in [2.45, 2.75) is 16.1 Å². The van der Waals surface area contributed by atoms with E-state index < -0.39 is 17.7 Å². The summed E-state index contributed by atoms with van der Waals surface area (Å²) in [4.78, 5) is 31.6. The molecular formula is C25H16ClFN4O3S2. The van der Waals surface area contributed by atoms with Gasteiger partial charge in [0.05, 0.1) is 11.6 Å². The van der Waals surface area contributed by atoms with Crippen LogP contribution in [0, 0.1) is 5.82 Å². The molecule has 0 spiro atoms. The summed E-state index contributed by atoms with van der Waals surface area (Å²) in [5.41, 5.74) is 1.70. The number of ketones is 1. The summed E-state index contributed by atoms with van der Waals surface area (Å²) in [6, 6.07) is 15.0. The summed E-state index contributed by atoms with van der Waals surface area (Å²) in [7, 11) is 0. The second kappa shape index (κ2) is 10.2. The summed E-state index contributed by atoms with van der Waals surface area (Å²) < 4.78 is 13.7. The largest absolute Gasteiger partial charge is 0.507 e. The van der Waals surface area contributed by atoms with Crippen LogP contribution in [-0.4, -0.2) is 32.0 Å². The predicted octanol–water partition coefficient (Wildman–Crippen LogP) is 5.64. The Morgan fingerprint density at radius 1 is 1.08 bits per heavy atom. The minimum Gasteiger partial charge on any atom is -0.507 e. The third kappa shape index (κ3) is 4.75. The molecule has 0 saturated carbocycles. The Balaban J connectivity index is 1.53. The van der Waals surface area contributed by atoms with E-state index >= 15 is 0 Å². The van der Waals surface area contributed by atoms with Gasteiger partial charge in [0.25, 0.3) is 5.78 Å². The van der Waals surface area contributed by atoms with E-state index in [0.29, 0.717) is 26.2 Å². The van der Waals surface area contributed by atoms with Crippen LogP contribution in [0.4, 0.5) is 9.52 Å². The molecule has 1 fully saturated rings. The van der Waals surface area contributed by atoms with Crippen LogP contribution >= 0.6 is 34.7 Å². The normalized spacial score (nSPS) is 17.1. The van der Waals surface area contributed by atoms with Gasteiger partial charge in [-0.15, -0.1) is 10.2 Å². The maximum Gasteiger partial charge on any atom is 0.301 e. The van der Waals surface area contributed by atoms with Crippen molar-refractivity contribution < 1.29 is 19.1 Å². The second-order valence-corrected chi connectivity index (χ2v) is 10.3. The third-order valence-corrected chi connectivity index (χ3v) is 7.80. The molecule has 0 radical (unpaired) electrons. The number of anilines is 1. The number of aliphatic hydroxyl groups is 1. The lowest BCUT2D eigenvalue weighted by atomic mass is 9.96. The van der Waals surface area contributed by atoms with Gasteiger partial charge in [-0.3, -0.25) is 19.5 Å². The van der Waals surface area contributed by atoms with Crippen molar-refractivity contribution in [2.24, 2.45) is 0 Å². The summed E-state index contributed by atoms with van der Waals surface area (Å²) >= 11 is 8.74. The van der Waals surface area contributed by atoms with Crippen LogP contribution in [0.3, 0.4) is 0 Å². The lowest BCUT2D eigenvalue weighted by Crippen LogP contribution is -2.29. The molecule has 0 aliphatic carbocycles. The van der Waals surface area contributed by atoms with Crippen LogP contribution in [0.2, 0.25) is 5.02 Å². The molecule has 3 heterocycles. The van der Waals surface area contributed by atoms with E-state index in [1.165, 1.54) is 41.2 Å². The monoisotopic (exact) mass is 538 g/mol. The lowest BCUT2D eigenvalue weighted by Gasteiger charge is -2.22. The number of carbonyl (C=O) groups excluding carboxylic acids is 2. The number of rotatable bonds is 6. The molecule has 1 aliphatic rings. The molecule has 180 valence electrons. The quantitative estimate of drug-likeness (QED) is 0.111. The number of benzene rings is 2. The van der Waals surface area contributed by atoms with Gasteiger partial charge >= 0.3 is 5.91 Å². The molecule has 5 rings (SSSR count). The Kier molecular flexibility index (Phi) is 6.82. The number of hydrogen-bond donors (Lipinski definition) is 1. The molecule has 36 heavy (non-hydrogen) atoms. The van der Waals surface area contributed by atoms with Gasteiger partial charge in [0, 0.05) is 28.7 Å². The Morgan fingerprint density at radius 2 is 1.83 bits per heavy atom. The SMILES string of the molecule is O=C1C(=O)N(c2nnc(SCc3ccc(F)cc3)s2)C(c2cccc(Cl)c2)/C1=C(\O)c1ccncc1. The summed E-state index contributed by atoms with van der Waals surface area (Å²) in [6.07, 6.45) is 2.96. The average Bonchev–Trinajstić information content (AvgIpc) is 3.46. The highest BCUT2D eigenvalue weighted by molar-refractivity contribution is 8.00. The van der Waals surface area contributed by atoms with Crippen LogP contribution < -0.4 is 4.90 Å². The molecule has 4 aromatic rings. The predicted molar refractivity (Wildman–Crippen MR) is 136 cm³/mol. The molecule has 1 unspecified atom stereocenters. The van der Waals surface area contributed by atoms with Crippen molar-refractivity contribution in [1.82, 2.24) is 15.2 Å². The minimum absolute atomic E-state index is 0.0795. The van der Waals surface area contributed by atoms with Gasteiger partial charge in [0.2, 0.25) is 5.13 Å². The third-order valence-electron chi connectivity index (χ3n) is 5.44. The van der Waals surface area contributed by atoms with Crippen LogP contribution in [0.5, 0.6) is 0 Å². The standard InChI is InChI=1S/C25H16ClFN4O3S2/c26-17-3-1-2-16(12-17)20-19(21(32)15-8-10-28-11-9-15)22(33)23(34)31(20)24-29-30-25(36-24)35-13-14-4-6-18(27)7-5-14/h1-12,20,32H,13H2/b21-19+. The van der Waals surface area contributed by atoms with Gasteiger partial charge in [0.15, 0.2) is 4.34 Å². The summed E-state index contributed by atoms with van der Waals surface area (Å²) in [6.45, 7) is 0. The average molecular weight is 539 g/mol. The molecule has 2 aromatic carbocycles. The van der Waals surface area contributed by atoms with Crippen LogP contribution in [0.25, 0.3) is 5.76 Å². The van der Waals surface area contributed by atoms with Crippen molar-refractivity contribution in [3.05, 3.63) is 106 Å². The molecule has 2 aromatic heterocycles. The van der Waals surface area contributed by atoms with Gasteiger partial charge < -0.3 is 5.11 Å². The first-order valence-corrected chi connectivity index (χ1v) is 12.8. The highest BCUT2D eigenvalue weighted by Crippen LogP contribution is 2.44. The number of Topliss-reactive ketones (excluding diaryl/α,β-unsaturated/α-hetero) is 1. The number of carbonyl (C=O) groups is 2. The van der Waals surface area contributed by atoms with E-state index in [1.54, 1.807) is 48.5 Å². The molecule has 1 atom stereocenters. The van der Waals surface area contributed by atoms with Gasteiger partial charge in [0.1, 0.15) is 11.6 Å². The van der Waals surface area contributed by atoms with E-state index in [4.69, 9.17) is 11.6 Å². The first kappa shape index (κ1) is 24.1. The zero-order valence-corrected chi connectivity index (χ0v) is 20.7. The number of halogens is 2. The first-order chi connectivity index (χ1) is 17.4. The Morgan fingerprint density at radius 3 is 2.56 bits per heavy atom. The number of amides is 1. The first-order valence-electron chi connectivity index (χ1n) is 10.6. The van der Waals surface area contributed by atoms with Gasteiger partial charge in [-0.05, 0) is 47.5 Å². The number of thioether (sulfide) groups is 1. The smallest absolute Gasteiger partial charge is 0.301 e. The van der Waals surface area contributed by atoms with Gasteiger partial charge in [-0.25, -0.2) is 4.39 Å². The van der Waals surface area contributed by atoms with Crippen molar-refractivity contribution in [3.8, 4) is 0 Å². The lowest BCUT2D eigenvalue weighted by molar-refractivity contribution is -0.132. The van der Waals surface area contributed by atoms with Crippen molar-refractivity contribution in [2.75, 3.05) is 4.90 Å². The van der Waals surface area contributed by atoms with E-state index in [0.717, 1.165) is 16.9 Å². The molecule has 1 amide bonds. The molecule has 1 aliphatic heterocycles. The van der Waals surface area contributed by atoms with Crippen LogP contribution in [0.1, 0.15) is 22.7 Å². The maximum atomic E-state index is 13.2. The number of aromatic nitrogens is 3. The number of pyridine rings is 1. The van der Waals surface area contributed by atoms with Crippen molar-refractivity contribution in [3.63, 3.8) is 0 Å². The van der Waals surface area contributed by atoms with Crippen molar-refractivity contribution >= 4 is 57.3 Å². The van der Waals surface area contributed by atoms with E-state index in [9.17, 15) is 19.1 Å². The topological polar surface area (TPSA) is 96.3 Å². The Bertz CT molecular complexity index is 1480. The maximum absolute atomic E-state index is 13.2. The zero-order valence-electron chi connectivity index (χ0n) is 18.3. The Hall–Kier alpha value is -3.60. The van der Waals surface area contributed by atoms with Crippen molar-refractivity contribution in [1.29, 1.82) is 0 Å². The Labute approximate surface area is 218 Å². The number of aliphatic hydroxyl groups excluding tert-OH is 1. The molecule has 11 heteroatoms. The number of hydrogen-bond acceptors (Lipinski definition) is 8. The fraction of sp³-hybridized carbons (Fsp3) is 0.0800. The zero-order chi connectivity index (χ0) is 25.2. The highest BCUT2D eigenvalue weighted by atomic mass is 35.5. The molecule has 7 nitrogen and oxygen atoms in total. The van der Waals surface area contributed by atoms with Gasteiger partial charge in [-0.2, -0.15) is 0 Å². The van der Waals surface area contributed by atoms with E-state index in [2.05, 4.69) is 15.2 Å². The number of nitrogens with zero attached hydrogens (tertiary/aromatic N) is 4.